The number of hydrogen-bond acceptors (Lipinski definition) is 4. The second kappa shape index (κ2) is 7.10. The zero-order chi connectivity index (χ0) is 22.6. The maximum Gasteiger partial charge on any atom is 0.433 e. The summed E-state index contributed by atoms with van der Waals surface area (Å²) in [5.74, 6) is 0. The molecule has 10 heteroatoms. The van der Waals surface area contributed by atoms with Gasteiger partial charge in [-0.25, -0.2) is 9.50 Å². The molecule has 32 heavy (non-hydrogen) atoms. The molecule has 4 heterocycles. The Labute approximate surface area is 183 Å². The SMILES string of the molecule is Nc1c(-c2ccn3nccc3c2)c(=O)n(-c2ccc(Cl)cc2)c2nc(C(F)(F)F)ccc12. The number of nitrogens with zero attached hydrogens (tertiary/aromatic N) is 4. The summed E-state index contributed by atoms with van der Waals surface area (Å²) in [6.45, 7) is 0. The molecule has 0 atom stereocenters. The molecule has 2 N–H and O–H groups in total. The first-order chi connectivity index (χ1) is 15.2. The van der Waals surface area contributed by atoms with Crippen LogP contribution in [0.4, 0.5) is 18.9 Å². The quantitative estimate of drug-likeness (QED) is 0.408. The first-order valence-electron chi connectivity index (χ1n) is 9.36. The maximum absolute atomic E-state index is 13.6. The zero-order valence-electron chi connectivity index (χ0n) is 16.1. The van der Waals surface area contributed by atoms with Crippen molar-refractivity contribution >= 4 is 33.8 Å². The molecule has 0 spiro atoms. The van der Waals surface area contributed by atoms with Crippen LogP contribution in [-0.2, 0) is 6.18 Å². The van der Waals surface area contributed by atoms with E-state index in [4.69, 9.17) is 17.3 Å². The van der Waals surface area contributed by atoms with Crippen molar-refractivity contribution in [2.45, 2.75) is 6.18 Å². The van der Waals surface area contributed by atoms with Crippen LogP contribution in [0, 0.1) is 0 Å². The van der Waals surface area contributed by atoms with E-state index in [1.807, 2.05) is 0 Å². The van der Waals surface area contributed by atoms with E-state index in [9.17, 15) is 18.0 Å². The zero-order valence-corrected chi connectivity index (χ0v) is 16.9. The van der Waals surface area contributed by atoms with Crippen molar-refractivity contribution in [3.8, 4) is 16.8 Å². The molecule has 0 aliphatic carbocycles. The van der Waals surface area contributed by atoms with Gasteiger partial charge < -0.3 is 5.73 Å². The average Bonchev–Trinajstić information content (AvgIpc) is 3.22. The minimum atomic E-state index is -4.68. The minimum Gasteiger partial charge on any atom is -0.397 e. The fourth-order valence-corrected chi connectivity index (χ4v) is 3.76. The van der Waals surface area contributed by atoms with E-state index in [0.29, 0.717) is 16.3 Å². The van der Waals surface area contributed by atoms with Gasteiger partial charge in [0, 0.05) is 22.8 Å². The van der Waals surface area contributed by atoms with Gasteiger partial charge in [-0.15, -0.1) is 0 Å². The lowest BCUT2D eigenvalue weighted by Gasteiger charge is -2.17. The molecule has 1 aromatic carbocycles. The molecule has 5 rings (SSSR count). The van der Waals surface area contributed by atoms with Crippen molar-refractivity contribution in [3.63, 3.8) is 0 Å². The number of rotatable bonds is 2. The van der Waals surface area contributed by atoms with Crippen molar-refractivity contribution in [2.75, 3.05) is 5.73 Å². The van der Waals surface area contributed by atoms with Crippen LogP contribution in [0.3, 0.4) is 0 Å². The van der Waals surface area contributed by atoms with Crippen molar-refractivity contribution in [1.82, 2.24) is 19.2 Å². The summed E-state index contributed by atoms with van der Waals surface area (Å²) in [5.41, 5.74) is 6.13. The van der Waals surface area contributed by atoms with Gasteiger partial charge in [-0.05, 0) is 60.2 Å². The molecule has 0 aliphatic rings. The van der Waals surface area contributed by atoms with Crippen LogP contribution in [0.5, 0.6) is 0 Å². The number of nitrogens with two attached hydrogens (primary N) is 1. The number of benzene rings is 1. The van der Waals surface area contributed by atoms with Gasteiger partial charge in [0.2, 0.25) is 0 Å². The Morgan fingerprint density at radius 3 is 2.47 bits per heavy atom. The molecule has 160 valence electrons. The average molecular weight is 456 g/mol. The third-order valence-electron chi connectivity index (χ3n) is 5.13. The predicted molar refractivity (Wildman–Crippen MR) is 116 cm³/mol. The molecule has 5 aromatic rings. The van der Waals surface area contributed by atoms with Crippen LogP contribution in [0.1, 0.15) is 5.69 Å². The van der Waals surface area contributed by atoms with E-state index < -0.39 is 17.4 Å². The van der Waals surface area contributed by atoms with Gasteiger partial charge in [-0.1, -0.05) is 11.6 Å². The first kappa shape index (κ1) is 20.1. The fourth-order valence-electron chi connectivity index (χ4n) is 3.63. The largest absolute Gasteiger partial charge is 0.433 e. The van der Waals surface area contributed by atoms with Gasteiger partial charge in [-0.3, -0.25) is 9.36 Å². The fraction of sp³-hybridized carbons (Fsp3) is 0.0455. The highest BCUT2D eigenvalue weighted by Gasteiger charge is 2.33. The smallest absolute Gasteiger partial charge is 0.397 e. The minimum absolute atomic E-state index is 0.0419. The summed E-state index contributed by atoms with van der Waals surface area (Å²) in [4.78, 5) is 17.4. The Kier molecular flexibility index (Phi) is 4.45. The number of pyridine rings is 3. The Hall–Kier alpha value is -3.85. The molecule has 0 amide bonds. The number of alkyl halides is 3. The van der Waals surface area contributed by atoms with E-state index in [-0.39, 0.29) is 22.3 Å². The van der Waals surface area contributed by atoms with Crippen molar-refractivity contribution in [3.05, 3.63) is 88.1 Å². The molecule has 0 radical (unpaired) electrons. The molecule has 4 aromatic heterocycles. The molecule has 6 nitrogen and oxygen atoms in total. The van der Waals surface area contributed by atoms with Gasteiger partial charge in [0.25, 0.3) is 5.56 Å². The van der Waals surface area contributed by atoms with Crippen molar-refractivity contribution in [1.29, 1.82) is 0 Å². The highest BCUT2D eigenvalue weighted by Crippen LogP contribution is 2.34. The molecule has 0 unspecified atom stereocenters. The van der Waals surface area contributed by atoms with Crippen LogP contribution >= 0.6 is 11.6 Å². The van der Waals surface area contributed by atoms with Crippen LogP contribution in [0.2, 0.25) is 5.02 Å². The molecule has 0 saturated carbocycles. The second-order valence-electron chi connectivity index (χ2n) is 7.09. The normalized spacial score (nSPS) is 12.0. The monoisotopic (exact) mass is 455 g/mol. The summed E-state index contributed by atoms with van der Waals surface area (Å²) in [6, 6.07) is 13.4. The lowest BCUT2D eigenvalue weighted by Crippen LogP contribution is -2.24. The highest BCUT2D eigenvalue weighted by molar-refractivity contribution is 6.30. The first-order valence-corrected chi connectivity index (χ1v) is 9.74. The van der Waals surface area contributed by atoms with Gasteiger partial charge in [0.1, 0.15) is 11.3 Å². The Morgan fingerprint density at radius 2 is 1.75 bits per heavy atom. The summed E-state index contributed by atoms with van der Waals surface area (Å²) in [6.07, 6.45) is -1.40. The van der Waals surface area contributed by atoms with Gasteiger partial charge in [0.15, 0.2) is 0 Å². The van der Waals surface area contributed by atoms with Crippen LogP contribution in [-0.4, -0.2) is 19.2 Å². The van der Waals surface area contributed by atoms with Crippen molar-refractivity contribution in [2.24, 2.45) is 0 Å². The number of anilines is 1. The van der Waals surface area contributed by atoms with E-state index in [1.54, 1.807) is 35.1 Å². The second-order valence-corrected chi connectivity index (χ2v) is 7.52. The molecular formula is C22H13ClF3N5O. The third kappa shape index (κ3) is 3.18. The number of halogens is 4. The van der Waals surface area contributed by atoms with E-state index in [1.165, 1.54) is 30.3 Å². The van der Waals surface area contributed by atoms with E-state index in [0.717, 1.165) is 16.2 Å². The lowest BCUT2D eigenvalue weighted by molar-refractivity contribution is -0.141. The van der Waals surface area contributed by atoms with Gasteiger partial charge in [0.05, 0.1) is 22.5 Å². The van der Waals surface area contributed by atoms with Crippen LogP contribution in [0.25, 0.3) is 33.4 Å². The molecular weight excluding hydrogens is 443 g/mol. The number of nitrogen functional groups attached to an aromatic ring is 1. The summed E-state index contributed by atoms with van der Waals surface area (Å²) < 4.78 is 42.8. The summed E-state index contributed by atoms with van der Waals surface area (Å²) >= 11 is 5.96. The Morgan fingerprint density at radius 1 is 1.00 bits per heavy atom. The molecule has 0 saturated heterocycles. The van der Waals surface area contributed by atoms with Gasteiger partial charge in [-0.2, -0.15) is 18.3 Å². The van der Waals surface area contributed by atoms with E-state index in [2.05, 4.69) is 10.1 Å². The lowest BCUT2D eigenvalue weighted by atomic mass is 10.0. The van der Waals surface area contributed by atoms with Crippen LogP contribution < -0.4 is 11.3 Å². The molecule has 0 bridgehead atoms. The third-order valence-corrected chi connectivity index (χ3v) is 5.38. The molecule has 0 fully saturated rings. The van der Waals surface area contributed by atoms with E-state index >= 15 is 0 Å². The Balaban J connectivity index is 1.90. The topological polar surface area (TPSA) is 78.2 Å². The maximum atomic E-state index is 13.6. The number of hydrogen-bond donors (Lipinski definition) is 1. The van der Waals surface area contributed by atoms with Crippen LogP contribution in [0.15, 0.2) is 71.8 Å². The molecule has 0 aliphatic heterocycles. The Bertz CT molecular complexity index is 1550. The standard InChI is InChI=1S/C22H13ClF3N5O/c23-13-1-3-14(4-2-13)31-20-16(5-6-17(29-20)22(24,25)26)19(27)18(21(31)32)12-8-10-30-15(11-12)7-9-28-30/h1-11H,27H2. The van der Waals surface area contributed by atoms with Gasteiger partial charge >= 0.3 is 6.18 Å². The van der Waals surface area contributed by atoms with Crippen molar-refractivity contribution < 1.29 is 13.2 Å². The number of fused-ring (bicyclic) bond motifs is 2. The summed E-state index contributed by atoms with van der Waals surface area (Å²) in [7, 11) is 0. The highest BCUT2D eigenvalue weighted by atomic mass is 35.5. The summed E-state index contributed by atoms with van der Waals surface area (Å²) in [5, 5.41) is 4.76. The number of aromatic nitrogens is 4. The predicted octanol–water partition coefficient (Wildman–Crippen LogP) is 4.95.